The molecule has 136 valence electrons. The van der Waals surface area contributed by atoms with Gasteiger partial charge in [-0.25, -0.2) is 4.79 Å². The Bertz CT molecular complexity index is 947. The van der Waals surface area contributed by atoms with Gasteiger partial charge in [0.2, 0.25) is 0 Å². The number of ether oxygens (including phenoxy) is 1. The second-order valence-corrected chi connectivity index (χ2v) is 6.08. The van der Waals surface area contributed by atoms with E-state index in [1.165, 1.54) is 0 Å². The fourth-order valence-electron chi connectivity index (χ4n) is 2.52. The molecule has 0 fully saturated rings. The molecule has 0 aliphatic carbocycles. The molecule has 5 heteroatoms. The number of carbonyl (C=O) groups is 2. The first-order valence-corrected chi connectivity index (χ1v) is 8.45. The minimum atomic E-state index is -0.956. The van der Waals surface area contributed by atoms with Crippen LogP contribution in [0.4, 0.5) is 5.69 Å². The molecular weight excluding hydrogens is 342 g/mol. The third kappa shape index (κ3) is 4.73. The highest BCUT2D eigenvalue weighted by Gasteiger charge is 2.08. The van der Waals surface area contributed by atoms with E-state index in [4.69, 9.17) is 9.84 Å². The third-order valence-electron chi connectivity index (χ3n) is 4.12. The summed E-state index contributed by atoms with van der Waals surface area (Å²) in [6.45, 7) is 2.25. The monoisotopic (exact) mass is 361 g/mol. The van der Waals surface area contributed by atoms with Gasteiger partial charge >= 0.3 is 5.97 Å². The van der Waals surface area contributed by atoms with Gasteiger partial charge in [-0.1, -0.05) is 30.3 Å². The van der Waals surface area contributed by atoms with Crippen molar-refractivity contribution in [1.82, 2.24) is 0 Å². The van der Waals surface area contributed by atoms with Crippen LogP contribution in [0.5, 0.6) is 5.75 Å². The molecular formula is C22H19NO4. The van der Waals surface area contributed by atoms with Crippen LogP contribution in [-0.4, -0.2) is 17.0 Å². The van der Waals surface area contributed by atoms with Crippen LogP contribution in [0.1, 0.15) is 31.8 Å². The maximum absolute atomic E-state index is 12.3. The molecule has 0 saturated carbocycles. The van der Waals surface area contributed by atoms with Crippen molar-refractivity contribution in [2.45, 2.75) is 13.5 Å². The summed E-state index contributed by atoms with van der Waals surface area (Å²) < 4.78 is 5.69. The summed E-state index contributed by atoms with van der Waals surface area (Å²) in [4.78, 5) is 23.2. The van der Waals surface area contributed by atoms with E-state index in [2.05, 4.69) is 5.32 Å². The highest BCUT2D eigenvalue weighted by atomic mass is 16.5. The van der Waals surface area contributed by atoms with Gasteiger partial charge in [-0.3, -0.25) is 4.79 Å². The molecule has 5 nitrogen and oxygen atoms in total. The molecule has 0 aliphatic heterocycles. The number of para-hydroxylation sites is 1. The van der Waals surface area contributed by atoms with Crippen molar-refractivity contribution in [3.63, 3.8) is 0 Å². The standard InChI is InChI=1S/C22H19NO4/c1-15-4-2-3-5-20(15)23-21(24)17-10-12-19(13-11-17)27-14-16-6-8-18(9-7-16)22(25)26/h2-13H,14H2,1H3,(H,23,24)(H,25,26). The van der Waals surface area contributed by atoms with Gasteiger partial charge in [0.05, 0.1) is 5.56 Å². The summed E-state index contributed by atoms with van der Waals surface area (Å²) in [5.41, 5.74) is 3.42. The highest BCUT2D eigenvalue weighted by molar-refractivity contribution is 6.04. The number of aromatic carboxylic acids is 1. The molecule has 0 bridgehead atoms. The number of carboxylic acid groups (broad SMARTS) is 1. The minimum Gasteiger partial charge on any atom is -0.489 e. The summed E-state index contributed by atoms with van der Waals surface area (Å²) in [7, 11) is 0. The number of carbonyl (C=O) groups excluding carboxylic acids is 1. The summed E-state index contributed by atoms with van der Waals surface area (Å²) in [5.74, 6) is -0.508. The number of amides is 1. The first-order valence-electron chi connectivity index (χ1n) is 8.45. The van der Waals surface area contributed by atoms with Crippen LogP contribution in [0.25, 0.3) is 0 Å². The first kappa shape index (κ1) is 18.2. The van der Waals surface area contributed by atoms with Gasteiger partial charge in [-0.2, -0.15) is 0 Å². The lowest BCUT2D eigenvalue weighted by Crippen LogP contribution is -2.12. The number of hydrogen-bond acceptors (Lipinski definition) is 3. The van der Waals surface area contributed by atoms with E-state index in [1.807, 2.05) is 31.2 Å². The van der Waals surface area contributed by atoms with Crippen LogP contribution in [0, 0.1) is 6.92 Å². The van der Waals surface area contributed by atoms with E-state index in [1.54, 1.807) is 48.5 Å². The molecule has 0 heterocycles. The number of hydrogen-bond donors (Lipinski definition) is 2. The zero-order valence-electron chi connectivity index (χ0n) is 14.8. The Morgan fingerprint density at radius 3 is 2.15 bits per heavy atom. The van der Waals surface area contributed by atoms with Crippen LogP contribution in [0.3, 0.4) is 0 Å². The summed E-state index contributed by atoms with van der Waals surface area (Å²) in [6, 6.07) is 21.0. The van der Waals surface area contributed by atoms with Gasteiger partial charge in [0.25, 0.3) is 5.91 Å². The van der Waals surface area contributed by atoms with E-state index in [9.17, 15) is 9.59 Å². The predicted octanol–water partition coefficient (Wildman–Crippen LogP) is 4.52. The number of rotatable bonds is 6. The van der Waals surface area contributed by atoms with Crippen molar-refractivity contribution in [3.8, 4) is 5.75 Å². The van der Waals surface area contributed by atoms with Gasteiger partial charge in [0.1, 0.15) is 12.4 Å². The van der Waals surface area contributed by atoms with Gasteiger partial charge in [0.15, 0.2) is 0 Å². The van der Waals surface area contributed by atoms with Crippen molar-refractivity contribution in [2.24, 2.45) is 0 Å². The smallest absolute Gasteiger partial charge is 0.335 e. The average molecular weight is 361 g/mol. The quantitative estimate of drug-likeness (QED) is 0.677. The molecule has 27 heavy (non-hydrogen) atoms. The lowest BCUT2D eigenvalue weighted by molar-refractivity contribution is 0.0696. The molecule has 1 amide bonds. The van der Waals surface area contributed by atoms with Crippen LogP contribution < -0.4 is 10.1 Å². The maximum atomic E-state index is 12.3. The second-order valence-electron chi connectivity index (χ2n) is 6.08. The summed E-state index contributed by atoms with van der Waals surface area (Å²) in [6.07, 6.45) is 0. The molecule has 3 aromatic rings. The summed E-state index contributed by atoms with van der Waals surface area (Å²) in [5, 5.41) is 11.8. The van der Waals surface area contributed by atoms with Gasteiger partial charge in [0, 0.05) is 11.3 Å². The molecule has 0 radical (unpaired) electrons. The molecule has 0 saturated heterocycles. The van der Waals surface area contributed by atoms with Crippen LogP contribution in [0.15, 0.2) is 72.8 Å². The van der Waals surface area contributed by atoms with Crippen molar-refractivity contribution in [1.29, 1.82) is 0 Å². The Kier molecular flexibility index (Phi) is 5.52. The van der Waals surface area contributed by atoms with Crippen LogP contribution >= 0.6 is 0 Å². The Morgan fingerprint density at radius 2 is 1.52 bits per heavy atom. The fraction of sp³-hybridized carbons (Fsp3) is 0.0909. The zero-order valence-corrected chi connectivity index (χ0v) is 14.8. The normalized spacial score (nSPS) is 10.3. The van der Waals surface area contributed by atoms with Crippen LogP contribution in [0.2, 0.25) is 0 Å². The van der Waals surface area contributed by atoms with Gasteiger partial charge in [-0.05, 0) is 60.5 Å². The Balaban J connectivity index is 1.59. The molecule has 0 atom stereocenters. The molecule has 0 spiro atoms. The van der Waals surface area contributed by atoms with E-state index in [0.29, 0.717) is 17.9 Å². The van der Waals surface area contributed by atoms with E-state index in [-0.39, 0.29) is 11.5 Å². The topological polar surface area (TPSA) is 75.6 Å². The lowest BCUT2D eigenvalue weighted by atomic mass is 10.1. The molecule has 0 unspecified atom stereocenters. The molecule has 2 N–H and O–H groups in total. The largest absolute Gasteiger partial charge is 0.489 e. The zero-order chi connectivity index (χ0) is 19.2. The number of anilines is 1. The Hall–Kier alpha value is -3.60. The SMILES string of the molecule is Cc1ccccc1NC(=O)c1ccc(OCc2ccc(C(=O)O)cc2)cc1. The average Bonchev–Trinajstić information content (AvgIpc) is 2.69. The van der Waals surface area contributed by atoms with Crippen molar-refractivity contribution < 1.29 is 19.4 Å². The summed E-state index contributed by atoms with van der Waals surface area (Å²) >= 11 is 0. The fourth-order valence-corrected chi connectivity index (χ4v) is 2.52. The van der Waals surface area contributed by atoms with Crippen molar-refractivity contribution in [3.05, 3.63) is 95.1 Å². The molecule has 0 aromatic heterocycles. The number of nitrogens with one attached hydrogen (secondary N) is 1. The van der Waals surface area contributed by atoms with Gasteiger partial charge in [-0.15, -0.1) is 0 Å². The number of benzene rings is 3. The third-order valence-corrected chi connectivity index (χ3v) is 4.12. The van der Waals surface area contributed by atoms with Crippen molar-refractivity contribution >= 4 is 17.6 Å². The van der Waals surface area contributed by atoms with Gasteiger partial charge < -0.3 is 15.2 Å². The maximum Gasteiger partial charge on any atom is 0.335 e. The van der Waals surface area contributed by atoms with Crippen molar-refractivity contribution in [2.75, 3.05) is 5.32 Å². The predicted molar refractivity (Wildman–Crippen MR) is 103 cm³/mol. The lowest BCUT2D eigenvalue weighted by Gasteiger charge is -2.09. The minimum absolute atomic E-state index is 0.180. The molecule has 3 rings (SSSR count). The Labute approximate surface area is 157 Å². The van der Waals surface area contributed by atoms with E-state index >= 15 is 0 Å². The van der Waals surface area contributed by atoms with E-state index in [0.717, 1.165) is 16.8 Å². The van der Waals surface area contributed by atoms with E-state index < -0.39 is 5.97 Å². The number of aryl methyl sites for hydroxylation is 1. The van der Waals surface area contributed by atoms with Crippen LogP contribution in [-0.2, 0) is 6.61 Å². The first-order chi connectivity index (χ1) is 13.0. The Morgan fingerprint density at radius 1 is 0.889 bits per heavy atom. The molecule has 0 aliphatic rings. The second kappa shape index (κ2) is 8.19. The highest BCUT2D eigenvalue weighted by Crippen LogP contribution is 2.18. The number of carboxylic acids is 1. The molecule has 3 aromatic carbocycles.